The summed E-state index contributed by atoms with van der Waals surface area (Å²) in [6.45, 7) is 4.72. The molecule has 0 bridgehead atoms. The number of piperazine rings is 1. The lowest BCUT2D eigenvalue weighted by atomic mass is 10.0. The molecule has 0 aromatic carbocycles. The summed E-state index contributed by atoms with van der Waals surface area (Å²) >= 11 is 0. The van der Waals surface area contributed by atoms with Crippen LogP contribution in [0.15, 0.2) is 12.3 Å². The molecular weight excluding hydrogens is 354 g/mol. The van der Waals surface area contributed by atoms with Crippen molar-refractivity contribution in [1.29, 1.82) is 0 Å². The quantitative estimate of drug-likeness (QED) is 0.809. The van der Waals surface area contributed by atoms with Crippen molar-refractivity contribution in [2.75, 3.05) is 49.6 Å². The fourth-order valence-electron chi connectivity index (χ4n) is 4.59. The second kappa shape index (κ2) is 9.54. The molecule has 7 nitrogen and oxygen atoms in total. The average molecular weight is 388 g/mol. The molecule has 7 heteroatoms. The molecule has 1 saturated carbocycles. The van der Waals surface area contributed by atoms with E-state index in [-0.39, 0.29) is 0 Å². The van der Waals surface area contributed by atoms with Crippen molar-refractivity contribution in [3.05, 3.63) is 12.3 Å². The van der Waals surface area contributed by atoms with Crippen molar-refractivity contribution in [2.24, 2.45) is 5.92 Å². The standard InChI is InChI=1S/C21H33N5O2/c27-20(8-7-17-4-1-2-5-17)25-11-13-26(14-12-25)21-22-10-9-19(24-21)23-18-6-3-15-28-16-18/h9-10,17-18H,1-8,11-16H2,(H,22,23,24). The van der Waals surface area contributed by atoms with Crippen LogP contribution in [0.25, 0.3) is 0 Å². The summed E-state index contributed by atoms with van der Waals surface area (Å²) in [7, 11) is 0. The molecule has 28 heavy (non-hydrogen) atoms. The molecule has 1 aromatic heterocycles. The minimum atomic E-state index is 0.320. The van der Waals surface area contributed by atoms with Crippen LogP contribution in [0.3, 0.4) is 0 Å². The fourth-order valence-corrected chi connectivity index (χ4v) is 4.59. The maximum absolute atomic E-state index is 12.5. The highest BCUT2D eigenvalue weighted by Crippen LogP contribution is 2.28. The Morgan fingerprint density at radius 1 is 1.14 bits per heavy atom. The first-order chi connectivity index (χ1) is 13.8. The Kier molecular flexibility index (Phi) is 6.62. The third-order valence-electron chi connectivity index (χ3n) is 6.31. The van der Waals surface area contributed by atoms with Gasteiger partial charge in [0.2, 0.25) is 11.9 Å². The zero-order chi connectivity index (χ0) is 19.2. The van der Waals surface area contributed by atoms with Crippen LogP contribution in [0.2, 0.25) is 0 Å². The predicted molar refractivity (Wildman–Crippen MR) is 109 cm³/mol. The zero-order valence-electron chi connectivity index (χ0n) is 16.8. The van der Waals surface area contributed by atoms with Crippen LogP contribution >= 0.6 is 0 Å². The molecule has 2 aliphatic heterocycles. The van der Waals surface area contributed by atoms with E-state index in [1.807, 2.05) is 17.2 Å². The van der Waals surface area contributed by atoms with E-state index >= 15 is 0 Å². The molecule has 4 rings (SSSR count). The van der Waals surface area contributed by atoms with E-state index in [4.69, 9.17) is 9.72 Å². The molecule has 3 heterocycles. The van der Waals surface area contributed by atoms with E-state index in [9.17, 15) is 4.79 Å². The number of carbonyl (C=O) groups excluding carboxylic acids is 1. The molecule has 0 radical (unpaired) electrons. The van der Waals surface area contributed by atoms with Crippen LogP contribution in [0, 0.1) is 5.92 Å². The third-order valence-corrected chi connectivity index (χ3v) is 6.31. The number of nitrogens with one attached hydrogen (secondary N) is 1. The van der Waals surface area contributed by atoms with Gasteiger partial charge in [0.05, 0.1) is 12.6 Å². The summed E-state index contributed by atoms with van der Waals surface area (Å²) in [5, 5.41) is 3.46. The maximum atomic E-state index is 12.5. The fraction of sp³-hybridized carbons (Fsp3) is 0.762. The van der Waals surface area contributed by atoms with Gasteiger partial charge in [-0.2, -0.15) is 4.98 Å². The van der Waals surface area contributed by atoms with E-state index in [0.29, 0.717) is 18.4 Å². The highest BCUT2D eigenvalue weighted by molar-refractivity contribution is 5.76. The average Bonchev–Trinajstić information content (AvgIpc) is 3.27. The lowest BCUT2D eigenvalue weighted by Gasteiger charge is -2.35. The van der Waals surface area contributed by atoms with E-state index < -0.39 is 0 Å². The predicted octanol–water partition coefficient (Wildman–Crippen LogP) is 2.69. The number of anilines is 2. The number of aromatic nitrogens is 2. The summed E-state index contributed by atoms with van der Waals surface area (Å²) < 4.78 is 5.53. The van der Waals surface area contributed by atoms with Crippen LogP contribution in [-0.4, -0.2) is 66.2 Å². The molecular formula is C21H33N5O2. The van der Waals surface area contributed by atoms with Gasteiger partial charge in [0.1, 0.15) is 5.82 Å². The number of hydrogen-bond donors (Lipinski definition) is 1. The van der Waals surface area contributed by atoms with Crippen LogP contribution in [-0.2, 0) is 9.53 Å². The Morgan fingerprint density at radius 3 is 2.71 bits per heavy atom. The molecule has 1 atom stereocenters. The van der Waals surface area contributed by atoms with Gasteiger partial charge in [-0.3, -0.25) is 4.79 Å². The van der Waals surface area contributed by atoms with Crippen LogP contribution in [0.1, 0.15) is 51.4 Å². The Hall–Kier alpha value is -1.89. The van der Waals surface area contributed by atoms with E-state index in [0.717, 1.165) is 76.3 Å². The van der Waals surface area contributed by atoms with Gasteiger partial charge in [-0.15, -0.1) is 0 Å². The van der Waals surface area contributed by atoms with Gasteiger partial charge in [-0.1, -0.05) is 25.7 Å². The Morgan fingerprint density at radius 2 is 1.96 bits per heavy atom. The zero-order valence-corrected chi connectivity index (χ0v) is 16.8. The molecule has 0 spiro atoms. The largest absolute Gasteiger partial charge is 0.379 e. The van der Waals surface area contributed by atoms with Gasteiger partial charge >= 0.3 is 0 Å². The third kappa shape index (κ3) is 5.13. The van der Waals surface area contributed by atoms with Crippen molar-refractivity contribution in [2.45, 2.75) is 57.4 Å². The van der Waals surface area contributed by atoms with E-state index in [2.05, 4.69) is 15.2 Å². The number of nitrogens with zero attached hydrogens (tertiary/aromatic N) is 4. The minimum absolute atomic E-state index is 0.320. The van der Waals surface area contributed by atoms with Crippen LogP contribution in [0.5, 0.6) is 0 Å². The normalized spacial score (nSPS) is 23.8. The molecule has 1 aliphatic carbocycles. The summed E-state index contributed by atoms with van der Waals surface area (Å²) in [4.78, 5) is 25.9. The van der Waals surface area contributed by atoms with Gasteiger partial charge in [-0.25, -0.2) is 4.98 Å². The van der Waals surface area contributed by atoms with E-state index in [1.165, 1.54) is 25.7 Å². The second-order valence-electron chi connectivity index (χ2n) is 8.36. The molecule has 1 amide bonds. The summed E-state index contributed by atoms with van der Waals surface area (Å²) in [6.07, 6.45) is 11.1. The smallest absolute Gasteiger partial charge is 0.227 e. The maximum Gasteiger partial charge on any atom is 0.227 e. The van der Waals surface area contributed by atoms with Crippen LogP contribution < -0.4 is 10.2 Å². The first-order valence-electron chi connectivity index (χ1n) is 11.0. The first-order valence-corrected chi connectivity index (χ1v) is 11.0. The van der Waals surface area contributed by atoms with Crippen molar-refractivity contribution >= 4 is 17.7 Å². The van der Waals surface area contributed by atoms with Gasteiger partial charge in [-0.05, 0) is 31.2 Å². The topological polar surface area (TPSA) is 70.6 Å². The number of amides is 1. The lowest BCUT2D eigenvalue weighted by Crippen LogP contribution is -2.49. The summed E-state index contributed by atoms with van der Waals surface area (Å²) in [6, 6.07) is 2.24. The second-order valence-corrected chi connectivity index (χ2v) is 8.36. The highest BCUT2D eigenvalue weighted by Gasteiger charge is 2.24. The Bertz CT molecular complexity index is 635. The molecule has 2 saturated heterocycles. The summed E-state index contributed by atoms with van der Waals surface area (Å²) in [5.74, 6) is 2.71. The number of carbonyl (C=O) groups is 1. The minimum Gasteiger partial charge on any atom is -0.379 e. The van der Waals surface area contributed by atoms with Gasteiger partial charge in [0, 0.05) is 45.4 Å². The van der Waals surface area contributed by atoms with Gasteiger partial charge < -0.3 is 19.9 Å². The lowest BCUT2D eigenvalue weighted by molar-refractivity contribution is -0.131. The number of ether oxygens (including phenoxy) is 1. The van der Waals surface area contributed by atoms with Gasteiger partial charge in [0.25, 0.3) is 0 Å². The first kappa shape index (κ1) is 19.4. The number of hydrogen-bond acceptors (Lipinski definition) is 6. The SMILES string of the molecule is O=C(CCC1CCCC1)N1CCN(c2nccc(NC3CCCOC3)n2)CC1. The van der Waals surface area contributed by atoms with Crippen molar-refractivity contribution < 1.29 is 9.53 Å². The molecule has 154 valence electrons. The Labute approximate surface area is 167 Å². The summed E-state index contributed by atoms with van der Waals surface area (Å²) in [5.41, 5.74) is 0. The van der Waals surface area contributed by atoms with Gasteiger partial charge in [0.15, 0.2) is 0 Å². The van der Waals surface area contributed by atoms with Crippen LogP contribution in [0.4, 0.5) is 11.8 Å². The molecule has 1 aromatic rings. The highest BCUT2D eigenvalue weighted by atomic mass is 16.5. The molecule has 3 aliphatic rings. The number of rotatable bonds is 6. The molecule has 1 unspecified atom stereocenters. The molecule has 3 fully saturated rings. The van der Waals surface area contributed by atoms with E-state index in [1.54, 1.807) is 0 Å². The van der Waals surface area contributed by atoms with Crippen molar-refractivity contribution in [3.63, 3.8) is 0 Å². The van der Waals surface area contributed by atoms with Crippen molar-refractivity contribution in [3.8, 4) is 0 Å². The molecule has 1 N–H and O–H groups in total. The Balaban J connectivity index is 1.25. The van der Waals surface area contributed by atoms with Crippen molar-refractivity contribution in [1.82, 2.24) is 14.9 Å². The monoisotopic (exact) mass is 387 g/mol.